The van der Waals surface area contributed by atoms with Crippen LogP contribution in [-0.2, 0) is 11.0 Å². The van der Waals surface area contributed by atoms with Crippen LogP contribution in [0.1, 0.15) is 5.56 Å². The summed E-state index contributed by atoms with van der Waals surface area (Å²) >= 11 is 0. The number of anilines is 1. The molecule has 1 aromatic carbocycles. The molecule has 1 aliphatic rings. The van der Waals surface area contributed by atoms with Crippen LogP contribution in [0.25, 0.3) is 0 Å². The number of hydrogen-bond acceptors (Lipinski definition) is 2. The van der Waals surface area contributed by atoms with Crippen molar-refractivity contribution in [2.45, 2.75) is 6.18 Å². The normalized spacial score (nSPS) is 15.5. The summed E-state index contributed by atoms with van der Waals surface area (Å²) in [6.07, 6.45) is -3.05. The lowest BCUT2D eigenvalue weighted by Gasteiger charge is -2.10. The Morgan fingerprint density at radius 1 is 1.29 bits per heavy atom. The van der Waals surface area contributed by atoms with Gasteiger partial charge in [-0.2, -0.15) is 13.2 Å². The minimum Gasteiger partial charge on any atom is -0.357 e. The summed E-state index contributed by atoms with van der Waals surface area (Å²) in [5.74, 6) is -0.250. The van der Waals surface area contributed by atoms with Crippen molar-refractivity contribution < 1.29 is 18.0 Å². The molecule has 0 saturated carbocycles. The van der Waals surface area contributed by atoms with Gasteiger partial charge < -0.3 is 10.6 Å². The second-order valence-electron chi connectivity index (χ2n) is 3.59. The van der Waals surface area contributed by atoms with Crippen molar-refractivity contribution in [2.75, 3.05) is 11.9 Å². The summed E-state index contributed by atoms with van der Waals surface area (Å²) in [5, 5.41) is 5.28. The van der Waals surface area contributed by atoms with Gasteiger partial charge in [-0.15, -0.1) is 0 Å². The fourth-order valence-corrected chi connectivity index (χ4v) is 1.48. The smallest absolute Gasteiger partial charge is 0.357 e. The van der Waals surface area contributed by atoms with E-state index in [0.29, 0.717) is 17.9 Å². The zero-order chi connectivity index (χ0) is 12.5. The summed E-state index contributed by atoms with van der Waals surface area (Å²) in [4.78, 5) is 10.9. The molecule has 3 nitrogen and oxygen atoms in total. The van der Waals surface area contributed by atoms with Gasteiger partial charge in [0.1, 0.15) is 0 Å². The Kier molecular flexibility index (Phi) is 2.79. The fraction of sp³-hybridized carbons (Fsp3) is 0.182. The third-order valence-electron chi connectivity index (χ3n) is 2.25. The molecule has 0 unspecified atom stereocenters. The molecule has 0 bridgehead atoms. The van der Waals surface area contributed by atoms with Gasteiger partial charge in [0.25, 0.3) is 0 Å². The molecule has 2 N–H and O–H groups in total. The van der Waals surface area contributed by atoms with E-state index in [4.69, 9.17) is 0 Å². The number of rotatable bonds is 2. The van der Waals surface area contributed by atoms with Crippen LogP contribution >= 0.6 is 0 Å². The first-order valence-corrected chi connectivity index (χ1v) is 4.88. The number of amides is 1. The van der Waals surface area contributed by atoms with Crippen LogP contribution in [0.2, 0.25) is 0 Å². The Morgan fingerprint density at radius 2 is 2.06 bits per heavy atom. The first-order chi connectivity index (χ1) is 7.95. The zero-order valence-corrected chi connectivity index (χ0v) is 8.64. The largest absolute Gasteiger partial charge is 0.416 e. The van der Waals surface area contributed by atoms with E-state index in [1.54, 1.807) is 0 Å². The molecule has 1 heterocycles. The molecule has 0 radical (unpaired) electrons. The second kappa shape index (κ2) is 4.12. The summed E-state index contributed by atoms with van der Waals surface area (Å²) < 4.78 is 37.3. The Balaban J connectivity index is 2.17. The molecule has 0 atom stereocenters. The van der Waals surface area contributed by atoms with Gasteiger partial charge in [-0.1, -0.05) is 6.07 Å². The summed E-state index contributed by atoms with van der Waals surface area (Å²) in [6.45, 7) is 0.301. The highest BCUT2D eigenvalue weighted by atomic mass is 19.4. The molecule has 0 aliphatic carbocycles. The highest BCUT2D eigenvalue weighted by molar-refractivity contribution is 5.91. The Labute approximate surface area is 95.3 Å². The molecule has 0 saturated heterocycles. The number of hydrogen-bond donors (Lipinski definition) is 2. The van der Waals surface area contributed by atoms with Crippen molar-refractivity contribution in [3.8, 4) is 0 Å². The van der Waals surface area contributed by atoms with E-state index in [0.717, 1.165) is 12.1 Å². The third kappa shape index (κ3) is 2.77. The van der Waals surface area contributed by atoms with Crippen molar-refractivity contribution in [3.05, 3.63) is 41.6 Å². The molecule has 1 aromatic rings. The number of carbonyl (C=O) groups is 1. The van der Waals surface area contributed by atoms with Crippen LogP contribution in [0.4, 0.5) is 18.9 Å². The summed E-state index contributed by atoms with van der Waals surface area (Å²) in [6, 6.07) is 4.83. The average Bonchev–Trinajstić information content (AvgIpc) is 2.63. The van der Waals surface area contributed by atoms with E-state index in [1.165, 1.54) is 18.2 Å². The van der Waals surface area contributed by atoms with Crippen LogP contribution in [0.3, 0.4) is 0 Å². The maximum Gasteiger partial charge on any atom is 0.416 e. The molecular weight excluding hydrogens is 233 g/mol. The average molecular weight is 242 g/mol. The second-order valence-corrected chi connectivity index (χ2v) is 3.59. The van der Waals surface area contributed by atoms with Gasteiger partial charge in [0.05, 0.1) is 12.1 Å². The monoisotopic (exact) mass is 242 g/mol. The predicted molar refractivity (Wildman–Crippen MR) is 56.2 cm³/mol. The van der Waals surface area contributed by atoms with E-state index in [-0.39, 0.29) is 5.91 Å². The van der Waals surface area contributed by atoms with E-state index >= 15 is 0 Å². The Morgan fingerprint density at radius 3 is 2.65 bits per heavy atom. The number of halogens is 3. The van der Waals surface area contributed by atoms with Gasteiger partial charge in [-0.3, -0.25) is 4.79 Å². The van der Waals surface area contributed by atoms with Crippen LogP contribution in [0.5, 0.6) is 0 Å². The lowest BCUT2D eigenvalue weighted by atomic mass is 10.2. The van der Waals surface area contributed by atoms with Gasteiger partial charge in [0, 0.05) is 17.5 Å². The topological polar surface area (TPSA) is 41.1 Å². The Bertz CT molecular complexity index is 480. The predicted octanol–water partition coefficient (Wildman–Crippen LogP) is 2.13. The molecule has 6 heteroatoms. The number of nitrogens with one attached hydrogen (secondary N) is 2. The van der Waals surface area contributed by atoms with Crippen LogP contribution in [0.15, 0.2) is 36.0 Å². The summed E-state index contributed by atoms with van der Waals surface area (Å²) in [7, 11) is 0. The maximum absolute atomic E-state index is 12.4. The van der Waals surface area contributed by atoms with Crippen LogP contribution < -0.4 is 10.6 Å². The van der Waals surface area contributed by atoms with Gasteiger partial charge >= 0.3 is 6.18 Å². The molecule has 1 aliphatic heterocycles. The van der Waals surface area contributed by atoms with Crippen molar-refractivity contribution in [1.29, 1.82) is 0 Å². The van der Waals surface area contributed by atoms with E-state index in [1.807, 2.05) is 0 Å². The lowest BCUT2D eigenvalue weighted by molar-refractivity contribution is -0.137. The van der Waals surface area contributed by atoms with Gasteiger partial charge in [0.15, 0.2) is 0 Å². The molecule has 2 rings (SSSR count). The van der Waals surface area contributed by atoms with Crippen molar-refractivity contribution >= 4 is 11.6 Å². The minimum absolute atomic E-state index is 0.250. The minimum atomic E-state index is -4.37. The summed E-state index contributed by atoms with van der Waals surface area (Å²) in [5.41, 5.74) is 0.136. The molecule has 90 valence electrons. The standard InChI is InChI=1S/C11H9F3N2O/c12-11(13,14)7-2-1-3-8(4-7)16-9-5-10(17)15-6-9/h1-5,16H,6H2,(H,15,17). The number of benzene rings is 1. The van der Waals surface area contributed by atoms with Gasteiger partial charge in [-0.05, 0) is 18.2 Å². The highest BCUT2D eigenvalue weighted by Crippen LogP contribution is 2.30. The Hall–Kier alpha value is -1.98. The fourth-order valence-electron chi connectivity index (χ4n) is 1.48. The van der Waals surface area contributed by atoms with Gasteiger partial charge in [0.2, 0.25) is 5.91 Å². The lowest BCUT2D eigenvalue weighted by Crippen LogP contribution is -2.16. The quantitative estimate of drug-likeness (QED) is 0.834. The molecule has 0 spiro atoms. The molecular formula is C11H9F3N2O. The molecule has 17 heavy (non-hydrogen) atoms. The SMILES string of the molecule is O=C1C=C(Nc2cccc(C(F)(F)F)c2)CN1. The zero-order valence-electron chi connectivity index (χ0n) is 8.64. The molecule has 0 aromatic heterocycles. The maximum atomic E-state index is 12.4. The first-order valence-electron chi connectivity index (χ1n) is 4.88. The van der Waals surface area contributed by atoms with E-state index < -0.39 is 11.7 Å². The number of carbonyl (C=O) groups excluding carboxylic acids is 1. The molecule has 1 amide bonds. The highest BCUT2D eigenvalue weighted by Gasteiger charge is 2.30. The van der Waals surface area contributed by atoms with Crippen molar-refractivity contribution in [3.63, 3.8) is 0 Å². The first kappa shape index (κ1) is 11.5. The van der Waals surface area contributed by atoms with E-state index in [2.05, 4.69) is 10.6 Å². The van der Waals surface area contributed by atoms with Crippen molar-refractivity contribution in [1.82, 2.24) is 5.32 Å². The third-order valence-corrected chi connectivity index (χ3v) is 2.25. The number of alkyl halides is 3. The van der Waals surface area contributed by atoms with Gasteiger partial charge in [-0.25, -0.2) is 0 Å². The molecule has 0 fully saturated rings. The van der Waals surface area contributed by atoms with Crippen LogP contribution in [-0.4, -0.2) is 12.5 Å². The van der Waals surface area contributed by atoms with E-state index in [9.17, 15) is 18.0 Å². The van der Waals surface area contributed by atoms with Crippen LogP contribution in [0, 0.1) is 0 Å². The van der Waals surface area contributed by atoms with Crippen molar-refractivity contribution in [2.24, 2.45) is 0 Å².